The summed E-state index contributed by atoms with van der Waals surface area (Å²) in [5.41, 5.74) is 0. The molecule has 5 atom stereocenters. The summed E-state index contributed by atoms with van der Waals surface area (Å²) in [6.07, 6.45) is 0.877. The molecule has 6 heteroatoms. The number of halogens is 6. The van der Waals surface area contributed by atoms with Crippen molar-refractivity contribution in [3.63, 3.8) is 0 Å². The predicted molar refractivity (Wildman–Crippen MR) is 73.0 cm³/mol. The number of hydrogen-bond donors (Lipinski definition) is 0. The van der Waals surface area contributed by atoms with Crippen molar-refractivity contribution in [1.82, 2.24) is 0 Å². The lowest BCUT2D eigenvalue weighted by Crippen LogP contribution is -2.48. The van der Waals surface area contributed by atoms with Crippen LogP contribution in [0.1, 0.15) is 6.42 Å². The molecule has 0 saturated heterocycles. The highest BCUT2D eigenvalue weighted by atomic mass is 79.9. The standard InChI is InChI=1S/C6H6Br5Cl/c7-2-1-6(11,12)5(10)4(9)3(2)8/h2-5H,1H2. The van der Waals surface area contributed by atoms with E-state index in [9.17, 15) is 0 Å². The van der Waals surface area contributed by atoms with E-state index in [1.54, 1.807) is 0 Å². The second-order valence-corrected chi connectivity index (χ2v) is 9.60. The highest BCUT2D eigenvalue weighted by molar-refractivity contribution is 9.15. The van der Waals surface area contributed by atoms with Crippen LogP contribution in [0.25, 0.3) is 0 Å². The van der Waals surface area contributed by atoms with E-state index >= 15 is 0 Å². The fourth-order valence-electron chi connectivity index (χ4n) is 1.08. The highest BCUT2D eigenvalue weighted by Crippen LogP contribution is 2.49. The lowest BCUT2D eigenvalue weighted by Gasteiger charge is -2.40. The Bertz CT molecular complexity index is 173. The molecule has 0 N–H and O–H groups in total. The quantitative estimate of drug-likeness (QED) is 0.410. The normalized spacial score (nSPS) is 55.5. The molecule has 0 bridgehead atoms. The van der Waals surface area contributed by atoms with Gasteiger partial charge in [0.05, 0.1) is 4.83 Å². The molecule has 0 aromatic heterocycles. The molecule has 0 radical (unpaired) electrons. The van der Waals surface area contributed by atoms with Crippen LogP contribution in [0.5, 0.6) is 0 Å². The lowest BCUT2D eigenvalue weighted by atomic mass is 9.99. The van der Waals surface area contributed by atoms with E-state index in [4.69, 9.17) is 11.6 Å². The van der Waals surface area contributed by atoms with Crippen molar-refractivity contribution in [1.29, 1.82) is 0 Å². The summed E-state index contributed by atoms with van der Waals surface area (Å²) in [5, 5.41) is 0. The van der Waals surface area contributed by atoms with Gasteiger partial charge in [0.25, 0.3) is 0 Å². The zero-order valence-electron chi connectivity index (χ0n) is 5.78. The third-order valence-corrected chi connectivity index (χ3v) is 10.6. The molecular weight excluding hydrogens is 507 g/mol. The van der Waals surface area contributed by atoms with E-state index in [1.807, 2.05) is 0 Å². The molecule has 0 nitrogen and oxygen atoms in total. The maximum atomic E-state index is 6.27. The Hall–Kier alpha value is 2.69. The van der Waals surface area contributed by atoms with Gasteiger partial charge in [0.1, 0.15) is 3.78 Å². The fraction of sp³-hybridized carbons (Fsp3) is 1.00. The van der Waals surface area contributed by atoms with Crippen LogP contribution in [0.3, 0.4) is 0 Å². The van der Waals surface area contributed by atoms with Crippen molar-refractivity contribution in [3.8, 4) is 0 Å². The van der Waals surface area contributed by atoms with Gasteiger partial charge in [-0.1, -0.05) is 79.6 Å². The largest absolute Gasteiger partial charge is 0.114 e. The average molecular weight is 513 g/mol. The molecule has 0 amide bonds. The van der Waals surface area contributed by atoms with Crippen molar-refractivity contribution in [2.24, 2.45) is 0 Å². The Morgan fingerprint density at radius 2 is 1.58 bits per heavy atom. The molecule has 0 aromatic carbocycles. The Labute approximate surface area is 119 Å². The van der Waals surface area contributed by atoms with Crippen molar-refractivity contribution >= 4 is 91.3 Å². The molecular formula is C6H6Br5Cl. The molecule has 0 aliphatic heterocycles. The maximum Gasteiger partial charge on any atom is 0.114 e. The molecule has 1 fully saturated rings. The van der Waals surface area contributed by atoms with Crippen LogP contribution in [0.15, 0.2) is 0 Å². The topological polar surface area (TPSA) is 0 Å². The maximum absolute atomic E-state index is 6.27. The Kier molecular flexibility index (Phi) is 4.98. The Morgan fingerprint density at radius 1 is 1.08 bits per heavy atom. The van der Waals surface area contributed by atoms with Crippen molar-refractivity contribution in [3.05, 3.63) is 0 Å². The molecule has 5 unspecified atom stereocenters. The zero-order valence-corrected chi connectivity index (χ0v) is 14.5. The molecule has 1 saturated carbocycles. The first kappa shape index (κ1) is 12.8. The fourth-order valence-corrected chi connectivity index (χ4v) is 6.63. The predicted octanol–water partition coefficient (Wildman–Crippen LogP) is 4.77. The van der Waals surface area contributed by atoms with Gasteiger partial charge in [-0.15, -0.1) is 11.6 Å². The van der Waals surface area contributed by atoms with Gasteiger partial charge < -0.3 is 0 Å². The molecule has 1 aliphatic carbocycles. The SMILES string of the molecule is ClC1(Br)CC(Br)C(Br)C(Br)C1Br. The van der Waals surface area contributed by atoms with Crippen LogP contribution in [-0.4, -0.2) is 23.1 Å². The Morgan fingerprint density at radius 3 is 2.08 bits per heavy atom. The molecule has 0 heterocycles. The second kappa shape index (κ2) is 4.69. The van der Waals surface area contributed by atoms with Gasteiger partial charge in [0, 0.05) is 14.5 Å². The van der Waals surface area contributed by atoms with Gasteiger partial charge in [0.15, 0.2) is 0 Å². The van der Waals surface area contributed by atoms with Crippen molar-refractivity contribution in [2.45, 2.75) is 29.5 Å². The first-order valence-electron chi connectivity index (χ1n) is 3.30. The second-order valence-electron chi connectivity index (χ2n) is 2.77. The van der Waals surface area contributed by atoms with Crippen LogP contribution in [0, 0.1) is 0 Å². The van der Waals surface area contributed by atoms with Crippen LogP contribution in [0.2, 0.25) is 0 Å². The third-order valence-electron chi connectivity index (χ3n) is 1.80. The minimum atomic E-state index is -0.362. The van der Waals surface area contributed by atoms with Crippen LogP contribution in [-0.2, 0) is 0 Å². The highest BCUT2D eigenvalue weighted by Gasteiger charge is 2.48. The van der Waals surface area contributed by atoms with E-state index in [0.29, 0.717) is 14.5 Å². The Balaban J connectivity index is 2.78. The molecule has 12 heavy (non-hydrogen) atoms. The van der Waals surface area contributed by atoms with E-state index in [0.717, 1.165) is 6.42 Å². The monoisotopic (exact) mass is 508 g/mol. The smallest absolute Gasteiger partial charge is 0.105 e. The van der Waals surface area contributed by atoms with Crippen LogP contribution in [0.4, 0.5) is 0 Å². The zero-order chi connectivity index (χ0) is 9.52. The minimum absolute atomic E-state index is 0.213. The van der Waals surface area contributed by atoms with Gasteiger partial charge in [0.2, 0.25) is 0 Å². The first-order chi connectivity index (χ1) is 5.36. The van der Waals surface area contributed by atoms with Crippen molar-refractivity contribution < 1.29 is 0 Å². The van der Waals surface area contributed by atoms with E-state index in [-0.39, 0.29) is 8.61 Å². The van der Waals surface area contributed by atoms with Crippen LogP contribution >= 0.6 is 91.3 Å². The summed E-state index contributed by atoms with van der Waals surface area (Å²) < 4.78 is -0.362. The summed E-state index contributed by atoms with van der Waals surface area (Å²) in [6.45, 7) is 0. The molecule has 72 valence electrons. The molecule has 1 aliphatic rings. The summed E-state index contributed by atoms with van der Waals surface area (Å²) in [5.74, 6) is 0. The average Bonchev–Trinajstić information content (AvgIpc) is 1.97. The molecule has 0 spiro atoms. The van der Waals surface area contributed by atoms with Gasteiger partial charge in [-0.05, 0) is 6.42 Å². The van der Waals surface area contributed by atoms with Crippen molar-refractivity contribution in [2.75, 3.05) is 0 Å². The summed E-state index contributed by atoms with van der Waals surface area (Å²) >= 11 is 24.1. The first-order valence-corrected chi connectivity index (χ1v) is 8.13. The molecule has 1 rings (SSSR count). The number of rotatable bonds is 0. The summed E-state index contributed by atoms with van der Waals surface area (Å²) in [4.78, 5) is 1.30. The number of hydrogen-bond acceptors (Lipinski definition) is 0. The lowest BCUT2D eigenvalue weighted by molar-refractivity contribution is 0.559. The number of alkyl halides is 6. The van der Waals surface area contributed by atoms with Gasteiger partial charge in [-0.3, -0.25) is 0 Å². The third kappa shape index (κ3) is 2.63. The summed E-state index contributed by atoms with van der Waals surface area (Å²) in [6, 6.07) is 0. The van der Waals surface area contributed by atoms with E-state index < -0.39 is 0 Å². The van der Waals surface area contributed by atoms with E-state index in [1.165, 1.54) is 0 Å². The van der Waals surface area contributed by atoms with Crippen LogP contribution < -0.4 is 0 Å². The summed E-state index contributed by atoms with van der Waals surface area (Å²) in [7, 11) is 0. The molecule has 0 aromatic rings. The minimum Gasteiger partial charge on any atom is -0.105 e. The van der Waals surface area contributed by atoms with E-state index in [2.05, 4.69) is 79.6 Å². The van der Waals surface area contributed by atoms with Gasteiger partial charge in [-0.25, -0.2) is 0 Å². The van der Waals surface area contributed by atoms with Gasteiger partial charge in [-0.2, -0.15) is 0 Å². The van der Waals surface area contributed by atoms with Gasteiger partial charge >= 0.3 is 0 Å².